The average Bonchev–Trinajstić information content (AvgIpc) is 3.14. The van der Waals surface area contributed by atoms with Crippen LogP contribution in [0.15, 0.2) is 0 Å². The average molecular weight is 737 g/mol. The fraction of sp³-hybridized carbons (Fsp3) is 0.935. The summed E-state index contributed by atoms with van der Waals surface area (Å²) in [6.45, 7) is 6.63. The summed E-state index contributed by atoms with van der Waals surface area (Å²) >= 11 is 0. The lowest BCUT2D eigenvalue weighted by Crippen LogP contribution is -2.30. The van der Waals surface area contributed by atoms with Gasteiger partial charge in [-0.3, -0.25) is 14.4 Å². The third kappa shape index (κ3) is 39.6. The molecule has 0 saturated heterocycles. The largest absolute Gasteiger partial charge is 0.462 e. The Morgan fingerprint density at radius 2 is 0.519 bits per heavy atom. The number of unbranched alkanes of at least 4 members (excludes halogenated alkanes) is 31. The molecule has 0 aliphatic carbocycles. The van der Waals surface area contributed by atoms with Crippen molar-refractivity contribution in [1.29, 1.82) is 0 Å². The van der Waals surface area contributed by atoms with Crippen molar-refractivity contribution in [3.05, 3.63) is 0 Å². The number of hydrogen-bond acceptors (Lipinski definition) is 6. The van der Waals surface area contributed by atoms with Crippen molar-refractivity contribution in [3.8, 4) is 0 Å². The molecular weight excluding hydrogens is 648 g/mol. The minimum atomic E-state index is -0.757. The highest BCUT2D eigenvalue weighted by molar-refractivity contribution is 5.71. The smallest absolute Gasteiger partial charge is 0.306 e. The van der Waals surface area contributed by atoms with Crippen LogP contribution in [0.25, 0.3) is 0 Å². The van der Waals surface area contributed by atoms with E-state index in [9.17, 15) is 14.4 Å². The third-order valence-corrected chi connectivity index (χ3v) is 10.4. The van der Waals surface area contributed by atoms with Crippen LogP contribution in [-0.2, 0) is 28.6 Å². The van der Waals surface area contributed by atoms with E-state index in [-0.39, 0.29) is 31.1 Å². The third-order valence-electron chi connectivity index (χ3n) is 10.4. The molecule has 0 rings (SSSR count). The number of carbonyl (C=O) groups excluding carboxylic acids is 3. The molecule has 308 valence electrons. The quantitative estimate of drug-likeness (QED) is 0.0353. The summed E-state index contributed by atoms with van der Waals surface area (Å²) in [7, 11) is 0. The van der Waals surface area contributed by atoms with Crippen LogP contribution in [0.4, 0.5) is 0 Å². The molecule has 0 unspecified atom stereocenters. The van der Waals surface area contributed by atoms with Gasteiger partial charge in [-0.1, -0.05) is 220 Å². The molecule has 0 N–H and O–H groups in total. The first-order chi connectivity index (χ1) is 25.5. The summed E-state index contributed by atoms with van der Waals surface area (Å²) in [6.07, 6.45) is 42.2. The molecule has 6 heteroatoms. The molecular formula is C46H88O6. The van der Waals surface area contributed by atoms with Gasteiger partial charge in [-0.2, -0.15) is 0 Å². The topological polar surface area (TPSA) is 78.9 Å². The van der Waals surface area contributed by atoms with Crippen LogP contribution in [0.2, 0.25) is 0 Å². The molecule has 0 spiro atoms. The number of esters is 3. The number of rotatable bonds is 42. The van der Waals surface area contributed by atoms with Crippen molar-refractivity contribution >= 4 is 17.9 Å². The Morgan fingerprint density at radius 1 is 0.308 bits per heavy atom. The van der Waals surface area contributed by atoms with Gasteiger partial charge in [-0.15, -0.1) is 0 Å². The molecule has 52 heavy (non-hydrogen) atoms. The Morgan fingerprint density at radius 3 is 0.769 bits per heavy atom. The van der Waals surface area contributed by atoms with E-state index in [1.54, 1.807) is 0 Å². The van der Waals surface area contributed by atoms with E-state index in [2.05, 4.69) is 20.8 Å². The van der Waals surface area contributed by atoms with Gasteiger partial charge in [0.15, 0.2) is 6.10 Å². The van der Waals surface area contributed by atoms with Crippen molar-refractivity contribution in [3.63, 3.8) is 0 Å². The van der Waals surface area contributed by atoms with Gasteiger partial charge in [0, 0.05) is 19.3 Å². The maximum absolute atomic E-state index is 12.7. The lowest BCUT2D eigenvalue weighted by atomic mass is 10.0. The van der Waals surface area contributed by atoms with Crippen molar-refractivity contribution < 1.29 is 28.6 Å². The van der Waals surface area contributed by atoms with Gasteiger partial charge < -0.3 is 14.2 Å². The van der Waals surface area contributed by atoms with Crippen molar-refractivity contribution in [1.82, 2.24) is 0 Å². The highest BCUT2D eigenvalue weighted by Crippen LogP contribution is 2.16. The number of ether oxygens (including phenoxy) is 3. The monoisotopic (exact) mass is 737 g/mol. The maximum Gasteiger partial charge on any atom is 0.306 e. The van der Waals surface area contributed by atoms with E-state index >= 15 is 0 Å². The van der Waals surface area contributed by atoms with E-state index < -0.39 is 6.10 Å². The molecule has 0 aliphatic rings. The SMILES string of the molecule is CCCCCCCCCCCCCCCCC(=O)OC[C@H](COC(=O)CCCCCCCCCCCC)OC(=O)CCCCCCCCCCCC. The molecule has 0 amide bonds. The van der Waals surface area contributed by atoms with Gasteiger partial charge in [-0.05, 0) is 19.3 Å². The predicted molar refractivity (Wildman–Crippen MR) is 220 cm³/mol. The fourth-order valence-corrected chi connectivity index (χ4v) is 6.85. The van der Waals surface area contributed by atoms with Gasteiger partial charge >= 0.3 is 17.9 Å². The standard InChI is InChI=1S/C46H88O6/c1-4-7-10-13-16-19-22-23-24-25-28-30-33-36-39-45(48)51-42-43(52-46(49)40-37-34-31-27-21-18-15-12-9-6-3)41-50-44(47)38-35-32-29-26-20-17-14-11-8-5-2/h43H,4-42H2,1-3H3/t43-/m0/s1. The molecule has 0 fully saturated rings. The molecule has 0 aromatic carbocycles. The molecule has 0 aromatic heterocycles. The zero-order valence-corrected chi connectivity index (χ0v) is 35.1. The first-order valence-corrected chi connectivity index (χ1v) is 23.0. The highest BCUT2D eigenvalue weighted by Gasteiger charge is 2.19. The Hall–Kier alpha value is -1.59. The zero-order chi connectivity index (χ0) is 38.0. The first kappa shape index (κ1) is 50.4. The minimum absolute atomic E-state index is 0.0628. The molecule has 0 radical (unpaired) electrons. The Labute approximate surface area is 323 Å². The van der Waals surface area contributed by atoms with Crippen LogP contribution in [0, 0.1) is 0 Å². The summed E-state index contributed by atoms with van der Waals surface area (Å²) in [5.74, 6) is -0.853. The molecule has 0 aliphatic heterocycles. The van der Waals surface area contributed by atoms with E-state index in [0.29, 0.717) is 19.3 Å². The van der Waals surface area contributed by atoms with Gasteiger partial charge in [0.2, 0.25) is 0 Å². The molecule has 0 aromatic rings. The molecule has 1 atom stereocenters. The van der Waals surface area contributed by atoms with E-state index in [4.69, 9.17) is 14.2 Å². The second-order valence-electron chi connectivity index (χ2n) is 15.7. The second kappa shape index (κ2) is 42.2. The van der Waals surface area contributed by atoms with Gasteiger partial charge in [0.25, 0.3) is 0 Å². The van der Waals surface area contributed by atoms with Crippen LogP contribution in [0.1, 0.15) is 258 Å². The van der Waals surface area contributed by atoms with Crippen LogP contribution in [0.3, 0.4) is 0 Å². The maximum atomic E-state index is 12.7. The molecule has 0 heterocycles. The summed E-state index contributed by atoms with van der Waals surface area (Å²) < 4.78 is 16.7. The van der Waals surface area contributed by atoms with Crippen molar-refractivity contribution in [2.24, 2.45) is 0 Å². The molecule has 0 saturated carbocycles. The van der Waals surface area contributed by atoms with Crippen LogP contribution in [0.5, 0.6) is 0 Å². The zero-order valence-electron chi connectivity index (χ0n) is 35.1. The first-order valence-electron chi connectivity index (χ1n) is 23.0. The Kier molecular flexibility index (Phi) is 40.9. The summed E-state index contributed by atoms with van der Waals surface area (Å²) in [5.41, 5.74) is 0. The van der Waals surface area contributed by atoms with Crippen LogP contribution < -0.4 is 0 Å². The van der Waals surface area contributed by atoms with Crippen LogP contribution in [-0.4, -0.2) is 37.2 Å². The number of hydrogen-bond donors (Lipinski definition) is 0. The lowest BCUT2D eigenvalue weighted by molar-refractivity contribution is -0.167. The van der Waals surface area contributed by atoms with E-state index in [0.717, 1.165) is 57.8 Å². The molecule has 6 nitrogen and oxygen atoms in total. The predicted octanol–water partition coefficient (Wildman–Crippen LogP) is 14.5. The lowest BCUT2D eigenvalue weighted by Gasteiger charge is -2.18. The fourth-order valence-electron chi connectivity index (χ4n) is 6.85. The van der Waals surface area contributed by atoms with E-state index in [1.165, 1.54) is 161 Å². The van der Waals surface area contributed by atoms with Crippen molar-refractivity contribution in [2.45, 2.75) is 264 Å². The summed E-state index contributed by atoms with van der Waals surface area (Å²) in [5, 5.41) is 0. The summed E-state index contributed by atoms with van der Waals surface area (Å²) in [4.78, 5) is 37.6. The summed E-state index contributed by atoms with van der Waals surface area (Å²) in [6, 6.07) is 0. The Balaban J connectivity index is 4.29. The number of carbonyl (C=O) groups is 3. The van der Waals surface area contributed by atoms with Gasteiger partial charge in [0.1, 0.15) is 13.2 Å². The highest BCUT2D eigenvalue weighted by atomic mass is 16.6. The molecule has 0 bridgehead atoms. The Bertz CT molecular complexity index is 768. The second-order valence-corrected chi connectivity index (χ2v) is 15.7. The van der Waals surface area contributed by atoms with Crippen LogP contribution >= 0.6 is 0 Å². The normalized spacial score (nSPS) is 11.8. The van der Waals surface area contributed by atoms with Gasteiger partial charge in [0.05, 0.1) is 0 Å². The minimum Gasteiger partial charge on any atom is -0.462 e. The van der Waals surface area contributed by atoms with Crippen molar-refractivity contribution in [2.75, 3.05) is 13.2 Å². The van der Waals surface area contributed by atoms with Gasteiger partial charge in [-0.25, -0.2) is 0 Å². The van der Waals surface area contributed by atoms with E-state index in [1.807, 2.05) is 0 Å².